The van der Waals surface area contributed by atoms with Crippen LogP contribution in [-0.4, -0.2) is 53.0 Å². The monoisotopic (exact) mass is 440 g/mol. The van der Waals surface area contributed by atoms with Crippen LogP contribution >= 0.6 is 11.6 Å². The molecule has 0 aliphatic carbocycles. The van der Waals surface area contributed by atoms with Crippen LogP contribution in [0.25, 0.3) is 0 Å². The molecule has 2 aromatic carbocycles. The van der Waals surface area contributed by atoms with E-state index in [4.69, 9.17) is 25.8 Å². The Hall–Kier alpha value is -2.49. The fraction of sp³-hybridized carbons (Fsp3) is 0.316. The molecule has 0 unspecified atom stereocenters. The number of hydrogen-bond donors (Lipinski definition) is 1. The highest BCUT2D eigenvalue weighted by Crippen LogP contribution is 2.38. The average Bonchev–Trinajstić information content (AvgIpc) is 2.67. The van der Waals surface area contributed by atoms with Crippen molar-refractivity contribution in [1.29, 1.82) is 0 Å². The van der Waals surface area contributed by atoms with Crippen molar-refractivity contribution in [2.45, 2.75) is 11.3 Å². The molecule has 1 heterocycles. The Morgan fingerprint density at radius 2 is 1.93 bits per heavy atom. The molecule has 3 rings (SSSR count). The minimum absolute atomic E-state index is 0.0259. The number of anilines is 1. The molecule has 1 aliphatic rings. The molecular weight excluding hydrogens is 420 g/mol. The molecular formula is C19H21ClN2O6S. The number of carbonyl (C=O) groups excluding carboxylic acids is 1. The van der Waals surface area contributed by atoms with E-state index in [1.807, 2.05) is 0 Å². The summed E-state index contributed by atoms with van der Waals surface area (Å²) in [6, 6.07) is 7.78. The number of carbonyl (C=O) groups is 1. The van der Waals surface area contributed by atoms with Crippen molar-refractivity contribution >= 4 is 33.2 Å². The van der Waals surface area contributed by atoms with E-state index < -0.39 is 10.0 Å². The lowest BCUT2D eigenvalue weighted by Crippen LogP contribution is -2.23. The highest BCUT2D eigenvalue weighted by Gasteiger charge is 2.23. The van der Waals surface area contributed by atoms with Gasteiger partial charge in [0.15, 0.2) is 11.5 Å². The Morgan fingerprint density at radius 3 is 2.62 bits per heavy atom. The Morgan fingerprint density at radius 1 is 1.21 bits per heavy atom. The minimum Gasteiger partial charge on any atom is -0.495 e. The first-order chi connectivity index (χ1) is 13.7. The second kappa shape index (κ2) is 8.48. The standard InChI is InChI=1S/C19H21ClN2O6S/c1-22(2)29(24,25)17-11-13(4-5-15(17)26-3)21-18(23)10-12-8-14(20)19-16(9-12)27-6-7-28-19/h4-5,8-9,11H,6-7,10H2,1-3H3,(H,21,23). The van der Waals surface area contributed by atoms with E-state index in [1.165, 1.54) is 33.3 Å². The molecule has 1 amide bonds. The molecule has 29 heavy (non-hydrogen) atoms. The molecule has 0 radical (unpaired) electrons. The summed E-state index contributed by atoms with van der Waals surface area (Å²) in [6.07, 6.45) is 0.0259. The maximum atomic E-state index is 12.5. The van der Waals surface area contributed by atoms with E-state index in [0.717, 1.165) is 4.31 Å². The first-order valence-electron chi connectivity index (χ1n) is 8.71. The lowest BCUT2D eigenvalue weighted by molar-refractivity contribution is -0.115. The molecule has 0 saturated carbocycles. The summed E-state index contributed by atoms with van der Waals surface area (Å²) in [7, 11) is 0.484. The fourth-order valence-electron chi connectivity index (χ4n) is 2.81. The number of benzene rings is 2. The van der Waals surface area contributed by atoms with Gasteiger partial charge < -0.3 is 19.5 Å². The average molecular weight is 441 g/mol. The van der Waals surface area contributed by atoms with Gasteiger partial charge in [-0.05, 0) is 35.9 Å². The predicted molar refractivity (Wildman–Crippen MR) is 109 cm³/mol. The van der Waals surface area contributed by atoms with Gasteiger partial charge in [0.05, 0.1) is 18.6 Å². The lowest BCUT2D eigenvalue weighted by Gasteiger charge is -2.20. The maximum Gasteiger partial charge on any atom is 0.246 e. The number of nitrogens with one attached hydrogen (secondary N) is 1. The summed E-state index contributed by atoms with van der Waals surface area (Å²) in [5.74, 6) is 0.817. The summed E-state index contributed by atoms with van der Waals surface area (Å²) in [5.41, 5.74) is 0.978. The third-order valence-corrected chi connectivity index (χ3v) is 6.34. The Bertz CT molecular complexity index is 1040. The smallest absolute Gasteiger partial charge is 0.246 e. The second-order valence-corrected chi connectivity index (χ2v) is 9.01. The van der Waals surface area contributed by atoms with Crippen LogP contribution in [0.3, 0.4) is 0 Å². The molecule has 0 atom stereocenters. The van der Waals surface area contributed by atoms with Gasteiger partial charge >= 0.3 is 0 Å². The molecule has 1 N–H and O–H groups in total. The van der Waals surface area contributed by atoms with Crippen molar-refractivity contribution in [3.63, 3.8) is 0 Å². The van der Waals surface area contributed by atoms with Gasteiger partial charge in [-0.1, -0.05) is 11.6 Å². The summed E-state index contributed by atoms with van der Waals surface area (Å²) in [6.45, 7) is 0.830. The Kier molecular flexibility index (Phi) is 6.21. The van der Waals surface area contributed by atoms with E-state index in [-0.39, 0.29) is 23.0 Å². The van der Waals surface area contributed by atoms with Crippen LogP contribution in [0.5, 0.6) is 17.2 Å². The fourth-order valence-corrected chi connectivity index (χ4v) is 4.17. The van der Waals surface area contributed by atoms with E-state index in [2.05, 4.69) is 5.32 Å². The quantitative estimate of drug-likeness (QED) is 0.741. The number of halogens is 1. The number of hydrogen-bond acceptors (Lipinski definition) is 6. The zero-order chi connectivity index (χ0) is 21.2. The predicted octanol–water partition coefficient (Wildman–Crippen LogP) is 2.55. The van der Waals surface area contributed by atoms with Gasteiger partial charge in [0.25, 0.3) is 0 Å². The van der Waals surface area contributed by atoms with Crippen LogP contribution in [0, 0.1) is 0 Å². The molecule has 0 bridgehead atoms. The number of ether oxygens (including phenoxy) is 3. The topological polar surface area (TPSA) is 94.2 Å². The molecule has 0 aromatic heterocycles. The van der Waals surface area contributed by atoms with Crippen molar-refractivity contribution < 1.29 is 27.4 Å². The van der Waals surface area contributed by atoms with Crippen molar-refractivity contribution in [3.05, 3.63) is 40.9 Å². The van der Waals surface area contributed by atoms with Crippen LogP contribution in [0.2, 0.25) is 5.02 Å². The third kappa shape index (κ3) is 4.58. The summed E-state index contributed by atoms with van der Waals surface area (Å²) >= 11 is 6.20. The van der Waals surface area contributed by atoms with E-state index in [9.17, 15) is 13.2 Å². The van der Waals surface area contributed by atoms with Crippen molar-refractivity contribution in [3.8, 4) is 17.2 Å². The first-order valence-corrected chi connectivity index (χ1v) is 10.5. The maximum absolute atomic E-state index is 12.5. The van der Waals surface area contributed by atoms with Crippen LogP contribution in [-0.2, 0) is 21.2 Å². The molecule has 10 heteroatoms. The summed E-state index contributed by atoms with van der Waals surface area (Å²) in [5, 5.41) is 3.07. The van der Waals surface area contributed by atoms with Gasteiger partial charge in [-0.25, -0.2) is 12.7 Å². The normalized spacial score (nSPS) is 13.3. The van der Waals surface area contributed by atoms with Crippen molar-refractivity contribution in [2.24, 2.45) is 0 Å². The molecule has 0 saturated heterocycles. The van der Waals surface area contributed by atoms with Gasteiger partial charge in [0.2, 0.25) is 15.9 Å². The van der Waals surface area contributed by atoms with Crippen molar-refractivity contribution in [1.82, 2.24) is 4.31 Å². The summed E-state index contributed by atoms with van der Waals surface area (Å²) < 4.78 is 42.2. The highest BCUT2D eigenvalue weighted by atomic mass is 35.5. The molecule has 0 fully saturated rings. The van der Waals surface area contributed by atoms with E-state index in [1.54, 1.807) is 18.2 Å². The lowest BCUT2D eigenvalue weighted by atomic mass is 10.1. The second-order valence-electron chi connectivity index (χ2n) is 6.48. The van der Waals surface area contributed by atoms with Crippen molar-refractivity contribution in [2.75, 3.05) is 39.7 Å². The molecule has 156 valence electrons. The molecule has 8 nitrogen and oxygen atoms in total. The molecule has 1 aliphatic heterocycles. The van der Waals surface area contributed by atoms with Gasteiger partial charge in [-0.15, -0.1) is 0 Å². The third-order valence-electron chi connectivity index (χ3n) is 4.23. The van der Waals surface area contributed by atoms with Crippen LogP contribution in [0.1, 0.15) is 5.56 Å². The van der Waals surface area contributed by atoms with Crippen LogP contribution in [0.4, 0.5) is 5.69 Å². The molecule has 2 aromatic rings. The first kappa shape index (κ1) is 21.2. The Labute approximate surface area is 174 Å². The number of fused-ring (bicyclic) bond motifs is 1. The number of amides is 1. The number of methoxy groups -OCH3 is 1. The number of nitrogens with zero attached hydrogens (tertiary/aromatic N) is 1. The number of sulfonamides is 1. The zero-order valence-electron chi connectivity index (χ0n) is 16.2. The van der Waals surface area contributed by atoms with Gasteiger partial charge in [-0.3, -0.25) is 4.79 Å². The largest absolute Gasteiger partial charge is 0.495 e. The van der Waals surface area contributed by atoms with E-state index >= 15 is 0 Å². The SMILES string of the molecule is COc1ccc(NC(=O)Cc2cc(Cl)c3c(c2)OCCO3)cc1S(=O)(=O)N(C)C. The highest BCUT2D eigenvalue weighted by molar-refractivity contribution is 7.89. The molecule has 0 spiro atoms. The van der Waals surface area contributed by atoms with E-state index in [0.29, 0.717) is 41.0 Å². The van der Waals surface area contributed by atoms with Crippen LogP contribution < -0.4 is 19.5 Å². The van der Waals surface area contributed by atoms with Crippen LogP contribution in [0.15, 0.2) is 35.2 Å². The number of rotatable bonds is 6. The van der Waals surface area contributed by atoms with Gasteiger partial charge in [-0.2, -0.15) is 0 Å². The minimum atomic E-state index is -3.74. The Balaban J connectivity index is 1.80. The zero-order valence-corrected chi connectivity index (χ0v) is 17.8. The van der Waals surface area contributed by atoms with Gasteiger partial charge in [0.1, 0.15) is 23.9 Å². The summed E-state index contributed by atoms with van der Waals surface area (Å²) in [4.78, 5) is 12.5. The van der Waals surface area contributed by atoms with Gasteiger partial charge in [0, 0.05) is 19.8 Å².